The zero-order chi connectivity index (χ0) is 15.2. The number of amides is 2. The number of carboxylic acids is 1. The largest absolute Gasteiger partial charge is 0.478 e. The van der Waals surface area contributed by atoms with Crippen molar-refractivity contribution in [3.8, 4) is 0 Å². The number of hydrogen-bond acceptors (Lipinski definition) is 3. The molecule has 2 aromatic rings. The maximum Gasteiger partial charge on any atom is 0.335 e. The average Bonchev–Trinajstić information content (AvgIpc) is 2.91. The molecule has 0 atom stereocenters. The van der Waals surface area contributed by atoms with Gasteiger partial charge in [-0.15, -0.1) is 0 Å². The van der Waals surface area contributed by atoms with E-state index in [2.05, 4.69) is 20.6 Å². The Hall–Kier alpha value is -2.83. The Morgan fingerprint density at radius 1 is 1.38 bits per heavy atom. The highest BCUT2D eigenvalue weighted by Crippen LogP contribution is 2.15. The van der Waals surface area contributed by atoms with E-state index in [1.807, 2.05) is 0 Å². The van der Waals surface area contributed by atoms with Crippen LogP contribution >= 0.6 is 0 Å². The summed E-state index contributed by atoms with van der Waals surface area (Å²) in [6.45, 7) is 2.16. The third-order valence-electron chi connectivity index (χ3n) is 2.95. The van der Waals surface area contributed by atoms with E-state index in [1.165, 1.54) is 6.07 Å². The minimum Gasteiger partial charge on any atom is -0.478 e. The standard InChI is InChI=1S/C14H16N4O3/c1-9-6-10(2-3-12(9)13(19)20)18-14(21)16-5-4-11-7-15-8-17-11/h2-3,6-8H,4-5H2,1H3,(H,15,17)(H,19,20)(H2,16,18,21). The van der Waals surface area contributed by atoms with Crippen molar-refractivity contribution in [2.75, 3.05) is 11.9 Å². The molecule has 1 heterocycles. The molecule has 4 N–H and O–H groups in total. The highest BCUT2D eigenvalue weighted by Gasteiger charge is 2.08. The molecule has 0 fully saturated rings. The highest BCUT2D eigenvalue weighted by atomic mass is 16.4. The first-order valence-electron chi connectivity index (χ1n) is 6.42. The molecule has 0 spiro atoms. The van der Waals surface area contributed by atoms with Crippen molar-refractivity contribution >= 4 is 17.7 Å². The number of urea groups is 1. The lowest BCUT2D eigenvalue weighted by Gasteiger charge is -2.09. The SMILES string of the molecule is Cc1cc(NC(=O)NCCc2cnc[nH]2)ccc1C(=O)O. The van der Waals surface area contributed by atoms with Crippen LogP contribution in [0.15, 0.2) is 30.7 Å². The third-order valence-corrected chi connectivity index (χ3v) is 2.95. The molecule has 2 amide bonds. The van der Waals surface area contributed by atoms with Gasteiger partial charge in [-0.2, -0.15) is 0 Å². The van der Waals surface area contributed by atoms with Gasteiger partial charge in [0.15, 0.2) is 0 Å². The lowest BCUT2D eigenvalue weighted by atomic mass is 10.1. The van der Waals surface area contributed by atoms with Gasteiger partial charge in [-0.05, 0) is 30.7 Å². The fourth-order valence-electron chi connectivity index (χ4n) is 1.89. The fraction of sp³-hybridized carbons (Fsp3) is 0.214. The predicted molar refractivity (Wildman–Crippen MR) is 77.5 cm³/mol. The molecule has 110 valence electrons. The van der Waals surface area contributed by atoms with Crippen LogP contribution in [-0.2, 0) is 6.42 Å². The van der Waals surface area contributed by atoms with Gasteiger partial charge in [0.2, 0.25) is 0 Å². The normalized spacial score (nSPS) is 10.1. The van der Waals surface area contributed by atoms with Gasteiger partial charge in [-0.25, -0.2) is 14.6 Å². The number of nitrogens with one attached hydrogen (secondary N) is 3. The van der Waals surface area contributed by atoms with E-state index < -0.39 is 5.97 Å². The van der Waals surface area contributed by atoms with E-state index in [9.17, 15) is 9.59 Å². The topological polar surface area (TPSA) is 107 Å². The molecule has 2 rings (SSSR count). The second-order valence-corrected chi connectivity index (χ2v) is 4.54. The maximum absolute atomic E-state index is 11.7. The van der Waals surface area contributed by atoms with Crippen molar-refractivity contribution in [2.45, 2.75) is 13.3 Å². The molecule has 1 aromatic carbocycles. The summed E-state index contributed by atoms with van der Waals surface area (Å²) in [5.41, 5.74) is 2.31. The molecule has 21 heavy (non-hydrogen) atoms. The average molecular weight is 288 g/mol. The summed E-state index contributed by atoms with van der Waals surface area (Å²) in [4.78, 5) is 29.4. The molecule has 0 radical (unpaired) electrons. The summed E-state index contributed by atoms with van der Waals surface area (Å²) in [6, 6.07) is 4.32. The van der Waals surface area contributed by atoms with Crippen LogP contribution in [-0.4, -0.2) is 33.6 Å². The lowest BCUT2D eigenvalue weighted by molar-refractivity contribution is 0.0696. The number of anilines is 1. The molecule has 0 saturated carbocycles. The van der Waals surface area contributed by atoms with Gasteiger partial charge in [0.1, 0.15) is 0 Å². The Bertz CT molecular complexity index is 638. The first kappa shape index (κ1) is 14.6. The lowest BCUT2D eigenvalue weighted by Crippen LogP contribution is -2.30. The van der Waals surface area contributed by atoms with Crippen LogP contribution < -0.4 is 10.6 Å². The molecular weight excluding hydrogens is 272 g/mol. The molecule has 0 saturated heterocycles. The number of aromatic amines is 1. The van der Waals surface area contributed by atoms with Gasteiger partial charge in [-0.3, -0.25) is 0 Å². The van der Waals surface area contributed by atoms with Crippen molar-refractivity contribution in [1.29, 1.82) is 0 Å². The second kappa shape index (κ2) is 6.56. The summed E-state index contributed by atoms with van der Waals surface area (Å²) in [5, 5.41) is 14.3. The number of carbonyl (C=O) groups excluding carboxylic acids is 1. The number of rotatable bonds is 5. The molecule has 0 aliphatic carbocycles. The van der Waals surface area contributed by atoms with Crippen LogP contribution in [0, 0.1) is 6.92 Å². The van der Waals surface area contributed by atoms with Crippen LogP contribution in [0.4, 0.5) is 10.5 Å². The monoisotopic (exact) mass is 288 g/mol. The van der Waals surface area contributed by atoms with E-state index in [0.717, 1.165) is 5.69 Å². The van der Waals surface area contributed by atoms with E-state index in [0.29, 0.717) is 24.2 Å². The minimum absolute atomic E-state index is 0.222. The molecule has 0 unspecified atom stereocenters. The van der Waals surface area contributed by atoms with Gasteiger partial charge in [0.05, 0.1) is 11.9 Å². The summed E-state index contributed by atoms with van der Waals surface area (Å²) in [6.07, 6.45) is 3.94. The number of carbonyl (C=O) groups is 2. The van der Waals surface area contributed by atoms with Gasteiger partial charge < -0.3 is 20.7 Å². The quantitative estimate of drug-likeness (QED) is 0.672. The number of aromatic carboxylic acids is 1. The number of H-pyrrole nitrogens is 1. The van der Waals surface area contributed by atoms with Gasteiger partial charge >= 0.3 is 12.0 Å². The van der Waals surface area contributed by atoms with Crippen LogP contribution in [0.3, 0.4) is 0 Å². The maximum atomic E-state index is 11.7. The molecule has 0 bridgehead atoms. The van der Waals surface area contributed by atoms with E-state index in [4.69, 9.17) is 5.11 Å². The van der Waals surface area contributed by atoms with Crippen LogP contribution in [0.5, 0.6) is 0 Å². The fourth-order valence-corrected chi connectivity index (χ4v) is 1.89. The molecule has 7 nitrogen and oxygen atoms in total. The highest BCUT2D eigenvalue weighted by molar-refractivity contribution is 5.92. The van der Waals surface area contributed by atoms with E-state index in [1.54, 1.807) is 31.6 Å². The predicted octanol–water partition coefficient (Wildman–Crippen LogP) is 1.78. The third kappa shape index (κ3) is 4.07. The summed E-state index contributed by atoms with van der Waals surface area (Å²) < 4.78 is 0. The van der Waals surface area contributed by atoms with Crippen LogP contribution in [0.25, 0.3) is 0 Å². The number of benzene rings is 1. The molecule has 0 aliphatic rings. The number of aromatic nitrogens is 2. The molecule has 0 aliphatic heterocycles. The van der Waals surface area contributed by atoms with Gasteiger partial charge in [0.25, 0.3) is 0 Å². The first-order chi connectivity index (χ1) is 10.1. The van der Waals surface area contributed by atoms with Crippen molar-refractivity contribution < 1.29 is 14.7 Å². The number of hydrogen-bond donors (Lipinski definition) is 4. The molecule has 1 aromatic heterocycles. The first-order valence-corrected chi connectivity index (χ1v) is 6.42. The zero-order valence-electron chi connectivity index (χ0n) is 11.5. The number of aryl methyl sites for hydroxylation is 1. The van der Waals surface area contributed by atoms with Crippen LogP contribution in [0.1, 0.15) is 21.6 Å². The Morgan fingerprint density at radius 3 is 2.81 bits per heavy atom. The van der Waals surface area contributed by atoms with Crippen molar-refractivity contribution in [1.82, 2.24) is 15.3 Å². The Kier molecular flexibility index (Phi) is 4.55. The Balaban J connectivity index is 1.85. The summed E-state index contributed by atoms with van der Waals surface area (Å²) >= 11 is 0. The zero-order valence-corrected chi connectivity index (χ0v) is 11.5. The number of nitrogens with zero attached hydrogens (tertiary/aromatic N) is 1. The van der Waals surface area contributed by atoms with E-state index in [-0.39, 0.29) is 11.6 Å². The summed E-state index contributed by atoms with van der Waals surface area (Å²) in [7, 11) is 0. The smallest absolute Gasteiger partial charge is 0.335 e. The van der Waals surface area contributed by atoms with Gasteiger partial charge in [-0.1, -0.05) is 0 Å². The number of carboxylic acid groups (broad SMARTS) is 1. The second-order valence-electron chi connectivity index (χ2n) is 4.54. The van der Waals surface area contributed by atoms with Crippen molar-refractivity contribution in [2.24, 2.45) is 0 Å². The minimum atomic E-state index is -0.983. The van der Waals surface area contributed by atoms with Crippen LogP contribution in [0.2, 0.25) is 0 Å². The van der Waals surface area contributed by atoms with Gasteiger partial charge in [0, 0.05) is 30.5 Å². The summed E-state index contributed by atoms with van der Waals surface area (Å²) in [5.74, 6) is -0.983. The Morgan fingerprint density at radius 2 is 2.19 bits per heavy atom. The van der Waals surface area contributed by atoms with Crippen molar-refractivity contribution in [3.05, 3.63) is 47.5 Å². The Labute approximate surface area is 121 Å². The molecular formula is C14H16N4O3. The van der Waals surface area contributed by atoms with Crippen molar-refractivity contribution in [3.63, 3.8) is 0 Å². The van der Waals surface area contributed by atoms with E-state index >= 15 is 0 Å². The number of imidazole rings is 1. The molecule has 7 heteroatoms.